The highest BCUT2D eigenvalue weighted by atomic mass is 19.4. The van der Waals surface area contributed by atoms with Crippen LogP contribution in [0.15, 0.2) is 36.9 Å². The minimum Gasteiger partial charge on any atom is -0.475 e. The van der Waals surface area contributed by atoms with Gasteiger partial charge in [-0.1, -0.05) is 0 Å². The van der Waals surface area contributed by atoms with Crippen molar-refractivity contribution in [2.75, 3.05) is 16.3 Å². The van der Waals surface area contributed by atoms with Gasteiger partial charge >= 0.3 is 24.3 Å². The first-order valence-corrected chi connectivity index (χ1v) is 9.69. The van der Waals surface area contributed by atoms with Crippen LogP contribution in [0, 0.1) is 5.82 Å². The van der Waals surface area contributed by atoms with Crippen LogP contribution < -0.4 is 9.80 Å². The molecule has 2 aromatic rings. The van der Waals surface area contributed by atoms with E-state index in [1.807, 2.05) is 21.9 Å². The highest BCUT2D eigenvalue weighted by Gasteiger charge is 2.48. The second-order valence-electron chi connectivity index (χ2n) is 7.10. The van der Waals surface area contributed by atoms with Gasteiger partial charge in [0, 0.05) is 19.2 Å². The Morgan fingerprint density at radius 3 is 1.92 bits per heavy atom. The maximum absolute atomic E-state index is 13.0. The van der Waals surface area contributed by atoms with Crippen LogP contribution in [-0.4, -0.2) is 74.0 Å². The summed E-state index contributed by atoms with van der Waals surface area (Å²) in [5.41, 5.74) is 0.821. The van der Waals surface area contributed by atoms with E-state index in [1.165, 1.54) is 0 Å². The number of halogens is 7. The molecule has 0 radical (unpaired) electrons. The number of hydrogen-bond acceptors (Lipinski definition) is 7. The lowest BCUT2D eigenvalue weighted by atomic mass is 10.1. The highest BCUT2D eigenvalue weighted by Crippen LogP contribution is 2.36. The molecule has 2 fully saturated rings. The van der Waals surface area contributed by atoms with Crippen molar-refractivity contribution in [2.24, 2.45) is 0 Å². The molecular weight excluding hydrogens is 511 g/mol. The van der Waals surface area contributed by atoms with Crippen LogP contribution in [0.4, 0.5) is 42.4 Å². The minimum atomic E-state index is -5.08. The molecule has 36 heavy (non-hydrogen) atoms. The lowest BCUT2D eigenvalue weighted by molar-refractivity contribution is -0.193. The number of anilines is 2. The number of aromatic nitrogens is 3. The highest BCUT2D eigenvalue weighted by molar-refractivity contribution is 5.97. The second kappa shape index (κ2) is 11.1. The third-order valence-corrected chi connectivity index (χ3v) is 4.77. The van der Waals surface area contributed by atoms with E-state index in [-0.39, 0.29) is 18.0 Å². The molecular formula is C19H16F7N5O5. The summed E-state index contributed by atoms with van der Waals surface area (Å²) >= 11 is 0. The molecule has 0 saturated carbocycles. The van der Waals surface area contributed by atoms with Crippen LogP contribution in [0.1, 0.15) is 12.8 Å². The normalized spacial score (nSPS) is 19.0. The quantitative estimate of drug-likeness (QED) is 0.565. The molecule has 0 aliphatic carbocycles. The van der Waals surface area contributed by atoms with Crippen molar-refractivity contribution in [2.45, 2.75) is 37.3 Å². The standard InChI is InChI=1S/C15H14FN5O.2C2HF3O2/c16-10-7-18-15(19-8-10)20-5-3-12-13(20)6-14(22)21(12)11-2-1-4-17-9-11;2*3-2(4,5)1(6)7/h1-2,4,7-9,12-13H,3,5-6H2;2*(H,6,7)/t12-,13+;;/m0../s1. The van der Waals surface area contributed by atoms with Gasteiger partial charge in [-0.05, 0) is 18.6 Å². The summed E-state index contributed by atoms with van der Waals surface area (Å²) < 4.78 is 76.4. The number of rotatable bonds is 2. The lowest BCUT2D eigenvalue weighted by Crippen LogP contribution is -2.38. The average molecular weight is 527 g/mol. The Labute approximate surface area is 197 Å². The summed E-state index contributed by atoms with van der Waals surface area (Å²) in [6, 6.07) is 3.83. The van der Waals surface area contributed by atoms with Crippen molar-refractivity contribution >= 4 is 29.5 Å². The topological polar surface area (TPSA) is 137 Å². The monoisotopic (exact) mass is 527 g/mol. The first-order valence-electron chi connectivity index (χ1n) is 9.69. The summed E-state index contributed by atoms with van der Waals surface area (Å²) in [6.07, 6.45) is -3.20. The van der Waals surface area contributed by atoms with E-state index in [0.717, 1.165) is 31.0 Å². The number of carboxylic acid groups (broad SMARTS) is 2. The van der Waals surface area contributed by atoms with E-state index in [9.17, 15) is 35.5 Å². The summed E-state index contributed by atoms with van der Waals surface area (Å²) in [5, 5.41) is 14.2. The van der Waals surface area contributed by atoms with Gasteiger partial charge in [0.05, 0.1) is 36.4 Å². The van der Waals surface area contributed by atoms with Crippen LogP contribution in [0.25, 0.3) is 0 Å². The van der Waals surface area contributed by atoms with E-state index in [2.05, 4.69) is 15.0 Å². The molecule has 196 valence electrons. The fraction of sp³-hybridized carbons (Fsp3) is 0.368. The number of fused-ring (bicyclic) bond motifs is 1. The van der Waals surface area contributed by atoms with Crippen molar-refractivity contribution in [3.63, 3.8) is 0 Å². The first kappa shape index (κ1) is 28.2. The Bertz CT molecular complexity index is 1040. The van der Waals surface area contributed by atoms with Gasteiger partial charge in [-0.25, -0.2) is 23.9 Å². The number of amides is 1. The zero-order chi connectivity index (χ0) is 27.3. The predicted octanol–water partition coefficient (Wildman–Crippen LogP) is 2.66. The Kier molecular flexibility index (Phi) is 8.71. The third kappa shape index (κ3) is 7.22. The van der Waals surface area contributed by atoms with Gasteiger partial charge in [-0.3, -0.25) is 9.78 Å². The van der Waals surface area contributed by atoms with Crippen molar-refractivity contribution in [3.8, 4) is 0 Å². The molecule has 2 aliphatic heterocycles. The largest absolute Gasteiger partial charge is 0.490 e. The minimum absolute atomic E-state index is 0.0261. The number of hydrogen-bond donors (Lipinski definition) is 2. The smallest absolute Gasteiger partial charge is 0.475 e. The molecule has 2 saturated heterocycles. The molecule has 2 N–H and O–H groups in total. The molecule has 4 rings (SSSR count). The Balaban J connectivity index is 0.000000271. The Hall–Kier alpha value is -4.05. The molecule has 2 aliphatic rings. The molecule has 2 atom stereocenters. The van der Waals surface area contributed by atoms with Crippen molar-refractivity contribution < 1.29 is 55.3 Å². The second-order valence-corrected chi connectivity index (χ2v) is 7.10. The average Bonchev–Trinajstić information content (AvgIpc) is 3.32. The van der Waals surface area contributed by atoms with Gasteiger partial charge in [0.2, 0.25) is 11.9 Å². The molecule has 4 heterocycles. The number of nitrogens with zero attached hydrogens (tertiary/aromatic N) is 5. The first-order chi connectivity index (χ1) is 16.6. The maximum atomic E-state index is 13.0. The van der Waals surface area contributed by atoms with E-state index in [4.69, 9.17) is 19.8 Å². The maximum Gasteiger partial charge on any atom is 0.490 e. The zero-order valence-corrected chi connectivity index (χ0v) is 17.7. The summed E-state index contributed by atoms with van der Waals surface area (Å²) in [4.78, 5) is 46.2. The molecule has 1 amide bonds. The zero-order valence-electron chi connectivity index (χ0n) is 17.7. The fourth-order valence-electron chi connectivity index (χ4n) is 3.38. The van der Waals surface area contributed by atoms with E-state index >= 15 is 0 Å². The number of alkyl halides is 6. The van der Waals surface area contributed by atoms with Gasteiger partial charge in [0.25, 0.3) is 0 Å². The van der Waals surface area contributed by atoms with Crippen LogP contribution >= 0.6 is 0 Å². The molecule has 0 bridgehead atoms. The van der Waals surface area contributed by atoms with E-state index < -0.39 is 30.1 Å². The van der Waals surface area contributed by atoms with Crippen LogP contribution in [0.3, 0.4) is 0 Å². The Morgan fingerprint density at radius 1 is 0.944 bits per heavy atom. The lowest BCUT2D eigenvalue weighted by Gasteiger charge is -2.25. The van der Waals surface area contributed by atoms with Crippen LogP contribution in [-0.2, 0) is 14.4 Å². The molecule has 10 nitrogen and oxygen atoms in total. The number of carboxylic acids is 2. The van der Waals surface area contributed by atoms with Gasteiger partial charge in [0.15, 0.2) is 5.82 Å². The van der Waals surface area contributed by atoms with E-state index in [0.29, 0.717) is 12.4 Å². The van der Waals surface area contributed by atoms with Crippen LogP contribution in [0.5, 0.6) is 0 Å². The summed E-state index contributed by atoms with van der Waals surface area (Å²) in [5.74, 6) is -5.41. The molecule has 0 aromatic carbocycles. The van der Waals surface area contributed by atoms with E-state index in [1.54, 1.807) is 12.4 Å². The predicted molar refractivity (Wildman–Crippen MR) is 105 cm³/mol. The summed E-state index contributed by atoms with van der Waals surface area (Å²) in [7, 11) is 0. The number of pyridine rings is 1. The molecule has 17 heteroatoms. The van der Waals surface area contributed by atoms with Gasteiger partial charge < -0.3 is 20.0 Å². The number of carbonyl (C=O) groups excluding carboxylic acids is 1. The van der Waals surface area contributed by atoms with Crippen molar-refractivity contribution in [1.82, 2.24) is 15.0 Å². The van der Waals surface area contributed by atoms with Gasteiger partial charge in [0.1, 0.15) is 0 Å². The van der Waals surface area contributed by atoms with Crippen molar-refractivity contribution in [3.05, 3.63) is 42.7 Å². The molecule has 0 unspecified atom stereocenters. The Morgan fingerprint density at radius 2 is 1.47 bits per heavy atom. The van der Waals surface area contributed by atoms with Gasteiger partial charge in [-0.15, -0.1) is 0 Å². The molecule has 2 aromatic heterocycles. The SMILES string of the molecule is O=C(O)C(F)(F)F.O=C(O)C(F)(F)F.O=C1C[C@@H]2[C@H](CCN2c2ncc(F)cn2)N1c1cccnc1. The van der Waals surface area contributed by atoms with Crippen LogP contribution in [0.2, 0.25) is 0 Å². The molecule has 0 spiro atoms. The number of aliphatic carboxylic acids is 2. The van der Waals surface area contributed by atoms with Gasteiger partial charge in [-0.2, -0.15) is 26.3 Å². The van der Waals surface area contributed by atoms with Crippen molar-refractivity contribution in [1.29, 1.82) is 0 Å². The fourth-order valence-corrected chi connectivity index (χ4v) is 3.38. The number of carbonyl (C=O) groups is 3. The third-order valence-electron chi connectivity index (χ3n) is 4.77. The summed E-state index contributed by atoms with van der Waals surface area (Å²) in [6.45, 7) is 0.755.